The quantitative estimate of drug-likeness (QED) is 0.828. The molecule has 2 rings (SSSR count). The number of methoxy groups -OCH3 is 2. The van der Waals surface area contributed by atoms with E-state index in [2.05, 4.69) is 10.1 Å². The summed E-state index contributed by atoms with van der Waals surface area (Å²) in [5.41, 5.74) is 1.65. The van der Waals surface area contributed by atoms with Gasteiger partial charge in [-0.3, -0.25) is 9.59 Å². The molecule has 0 radical (unpaired) electrons. The van der Waals surface area contributed by atoms with Crippen LogP contribution in [-0.4, -0.2) is 26.1 Å². The van der Waals surface area contributed by atoms with E-state index in [-0.39, 0.29) is 30.6 Å². The van der Waals surface area contributed by atoms with E-state index in [0.29, 0.717) is 5.75 Å². The number of esters is 1. The third-order valence-electron chi connectivity index (χ3n) is 3.05. The maximum Gasteiger partial charge on any atom is 0.306 e. The number of amides is 1. The van der Waals surface area contributed by atoms with Gasteiger partial charge in [0, 0.05) is 18.0 Å². The molecule has 0 saturated heterocycles. The maximum atomic E-state index is 11.6. The molecule has 0 saturated carbocycles. The second-order valence-corrected chi connectivity index (χ2v) is 4.18. The predicted octanol–water partition coefficient (Wildman–Crippen LogP) is 1.68. The zero-order chi connectivity index (χ0) is 13.1. The van der Waals surface area contributed by atoms with Crippen molar-refractivity contribution in [3.8, 4) is 5.75 Å². The maximum absolute atomic E-state index is 11.6. The Morgan fingerprint density at radius 2 is 2.22 bits per heavy atom. The summed E-state index contributed by atoms with van der Waals surface area (Å²) in [4.78, 5) is 22.9. The van der Waals surface area contributed by atoms with Gasteiger partial charge in [0.25, 0.3) is 0 Å². The van der Waals surface area contributed by atoms with Crippen LogP contribution in [0.25, 0.3) is 0 Å². The topological polar surface area (TPSA) is 64.6 Å². The van der Waals surface area contributed by atoms with Crippen molar-refractivity contribution < 1.29 is 19.1 Å². The highest BCUT2D eigenvalue weighted by Crippen LogP contribution is 2.36. The smallest absolute Gasteiger partial charge is 0.306 e. The van der Waals surface area contributed by atoms with Gasteiger partial charge in [-0.2, -0.15) is 0 Å². The fourth-order valence-electron chi connectivity index (χ4n) is 2.12. The highest BCUT2D eigenvalue weighted by Gasteiger charge is 2.27. The number of hydrogen-bond acceptors (Lipinski definition) is 4. The number of fused-ring (bicyclic) bond motifs is 1. The van der Waals surface area contributed by atoms with E-state index in [9.17, 15) is 9.59 Å². The Bertz CT molecular complexity index is 484. The van der Waals surface area contributed by atoms with Crippen molar-refractivity contribution in [3.05, 3.63) is 23.8 Å². The average Bonchev–Trinajstić information content (AvgIpc) is 2.38. The van der Waals surface area contributed by atoms with Crippen molar-refractivity contribution in [1.29, 1.82) is 0 Å². The molecule has 0 bridgehead atoms. The molecule has 1 N–H and O–H groups in total. The molecule has 1 aliphatic rings. The van der Waals surface area contributed by atoms with Crippen LogP contribution < -0.4 is 10.1 Å². The Balaban J connectivity index is 2.33. The fraction of sp³-hybridized carbons (Fsp3) is 0.385. The number of nitrogens with one attached hydrogen (secondary N) is 1. The Morgan fingerprint density at radius 3 is 2.89 bits per heavy atom. The van der Waals surface area contributed by atoms with Crippen molar-refractivity contribution in [2.75, 3.05) is 19.5 Å². The van der Waals surface area contributed by atoms with Gasteiger partial charge < -0.3 is 14.8 Å². The molecule has 1 amide bonds. The van der Waals surface area contributed by atoms with Crippen LogP contribution in [0.15, 0.2) is 18.2 Å². The molecule has 0 aromatic heterocycles. The van der Waals surface area contributed by atoms with Gasteiger partial charge in [0.2, 0.25) is 5.91 Å². The van der Waals surface area contributed by atoms with E-state index in [1.54, 1.807) is 19.2 Å². The number of anilines is 1. The second kappa shape index (κ2) is 5.08. The monoisotopic (exact) mass is 249 g/mol. The number of ether oxygens (including phenoxy) is 2. The molecule has 5 heteroatoms. The van der Waals surface area contributed by atoms with Gasteiger partial charge in [-0.05, 0) is 23.8 Å². The lowest BCUT2D eigenvalue weighted by molar-refractivity contribution is -0.141. The molecular formula is C13H15NO4. The molecule has 1 aromatic rings. The molecule has 0 aliphatic carbocycles. The van der Waals surface area contributed by atoms with E-state index in [1.165, 1.54) is 7.11 Å². The Hall–Kier alpha value is -2.04. The van der Waals surface area contributed by atoms with E-state index in [0.717, 1.165) is 11.3 Å². The summed E-state index contributed by atoms with van der Waals surface area (Å²) in [5.74, 6) is 0.154. The van der Waals surface area contributed by atoms with Crippen LogP contribution in [0.3, 0.4) is 0 Å². The van der Waals surface area contributed by atoms with Gasteiger partial charge in [-0.1, -0.05) is 0 Å². The minimum atomic E-state index is -0.316. The molecule has 5 nitrogen and oxygen atoms in total. The standard InChI is InChI=1S/C13H15NO4/c1-17-9-3-4-11-10(7-9)8(5-12(15)14-11)6-13(16)18-2/h3-4,7-8H,5-6H2,1-2H3,(H,14,15). The number of carbonyl (C=O) groups excluding carboxylic acids is 2. The van der Waals surface area contributed by atoms with Gasteiger partial charge >= 0.3 is 5.97 Å². The molecule has 0 spiro atoms. The molecule has 1 aromatic carbocycles. The summed E-state index contributed by atoms with van der Waals surface area (Å²) in [7, 11) is 2.93. The van der Waals surface area contributed by atoms with Gasteiger partial charge in [0.1, 0.15) is 5.75 Å². The first kappa shape index (κ1) is 12.4. The number of carbonyl (C=O) groups is 2. The van der Waals surface area contributed by atoms with Crippen molar-refractivity contribution in [1.82, 2.24) is 0 Å². The van der Waals surface area contributed by atoms with Crippen LogP contribution in [0.2, 0.25) is 0 Å². The number of rotatable bonds is 3. The van der Waals surface area contributed by atoms with Gasteiger partial charge in [-0.15, -0.1) is 0 Å². The van der Waals surface area contributed by atoms with E-state index < -0.39 is 0 Å². The van der Waals surface area contributed by atoms with Crippen molar-refractivity contribution in [2.24, 2.45) is 0 Å². The van der Waals surface area contributed by atoms with Crippen molar-refractivity contribution >= 4 is 17.6 Å². The summed E-state index contributed by atoms with van der Waals surface area (Å²) < 4.78 is 9.82. The second-order valence-electron chi connectivity index (χ2n) is 4.18. The normalized spacial score (nSPS) is 17.7. The first-order chi connectivity index (χ1) is 8.63. The molecule has 1 aliphatic heterocycles. The summed E-state index contributed by atoms with van der Waals surface area (Å²) >= 11 is 0. The van der Waals surface area contributed by atoms with Gasteiger partial charge in [-0.25, -0.2) is 0 Å². The molecule has 1 heterocycles. The largest absolute Gasteiger partial charge is 0.497 e. The van der Waals surface area contributed by atoms with Crippen LogP contribution in [-0.2, 0) is 14.3 Å². The number of hydrogen-bond donors (Lipinski definition) is 1. The zero-order valence-corrected chi connectivity index (χ0v) is 10.4. The van der Waals surface area contributed by atoms with Crippen LogP contribution in [0.4, 0.5) is 5.69 Å². The summed E-state index contributed by atoms with van der Waals surface area (Å²) in [6.07, 6.45) is 0.485. The van der Waals surface area contributed by atoms with Crippen LogP contribution in [0.5, 0.6) is 5.75 Å². The van der Waals surface area contributed by atoms with Crippen LogP contribution >= 0.6 is 0 Å². The van der Waals surface area contributed by atoms with Gasteiger partial charge in [0.05, 0.1) is 20.6 Å². The van der Waals surface area contributed by atoms with Crippen LogP contribution in [0.1, 0.15) is 24.3 Å². The van der Waals surface area contributed by atoms with E-state index >= 15 is 0 Å². The lowest BCUT2D eigenvalue weighted by atomic mass is 9.88. The SMILES string of the molecule is COC(=O)CC1CC(=O)Nc2ccc(OC)cc21. The Kier molecular flexibility index (Phi) is 3.50. The lowest BCUT2D eigenvalue weighted by Gasteiger charge is -2.25. The van der Waals surface area contributed by atoms with Gasteiger partial charge in [0.15, 0.2) is 0 Å². The minimum Gasteiger partial charge on any atom is -0.497 e. The predicted molar refractivity (Wildman–Crippen MR) is 65.6 cm³/mol. The van der Waals surface area contributed by atoms with E-state index in [4.69, 9.17) is 4.74 Å². The van der Waals surface area contributed by atoms with Crippen molar-refractivity contribution in [3.63, 3.8) is 0 Å². The molecule has 1 unspecified atom stereocenters. The van der Waals surface area contributed by atoms with E-state index in [1.807, 2.05) is 6.07 Å². The zero-order valence-electron chi connectivity index (χ0n) is 10.4. The summed E-state index contributed by atoms with van der Waals surface area (Å²) in [6.45, 7) is 0. The molecule has 96 valence electrons. The number of benzene rings is 1. The average molecular weight is 249 g/mol. The molecular weight excluding hydrogens is 234 g/mol. The first-order valence-electron chi connectivity index (χ1n) is 5.68. The molecule has 1 atom stereocenters. The fourth-order valence-corrected chi connectivity index (χ4v) is 2.12. The Morgan fingerprint density at radius 1 is 1.44 bits per heavy atom. The third kappa shape index (κ3) is 2.45. The molecule has 18 heavy (non-hydrogen) atoms. The highest BCUT2D eigenvalue weighted by molar-refractivity contribution is 5.95. The van der Waals surface area contributed by atoms with Crippen LogP contribution in [0, 0.1) is 0 Å². The first-order valence-corrected chi connectivity index (χ1v) is 5.68. The minimum absolute atomic E-state index is 0.0819. The highest BCUT2D eigenvalue weighted by atomic mass is 16.5. The third-order valence-corrected chi connectivity index (χ3v) is 3.05. The lowest BCUT2D eigenvalue weighted by Crippen LogP contribution is -2.24. The van der Waals surface area contributed by atoms with Crippen molar-refractivity contribution in [2.45, 2.75) is 18.8 Å². The molecule has 0 fully saturated rings. The summed E-state index contributed by atoms with van der Waals surface area (Å²) in [5, 5.41) is 2.79. The Labute approximate surface area is 105 Å². The summed E-state index contributed by atoms with van der Waals surface area (Å²) in [6, 6.07) is 5.41.